The van der Waals surface area contributed by atoms with E-state index in [2.05, 4.69) is 66.6 Å². The molecule has 3 fully saturated rings. The fraction of sp³-hybridized carbons (Fsp3) is 0.875. The first kappa shape index (κ1) is 27.7. The molecular weight excluding hydrogens is 446 g/mol. The van der Waals surface area contributed by atoms with E-state index in [1.807, 2.05) is 0 Å². The molecule has 0 spiro atoms. The maximum absolute atomic E-state index is 11.9. The van der Waals surface area contributed by atoms with E-state index >= 15 is 0 Å². The van der Waals surface area contributed by atoms with Gasteiger partial charge in [0.2, 0.25) is 0 Å². The Balaban J connectivity index is 1.68. The monoisotopic (exact) mass is 499 g/mol. The summed E-state index contributed by atoms with van der Waals surface area (Å²) < 4.78 is 5.85. The zero-order chi connectivity index (χ0) is 26.7. The van der Waals surface area contributed by atoms with E-state index in [-0.39, 0.29) is 33.7 Å². The van der Waals surface area contributed by atoms with E-state index < -0.39 is 0 Å². The molecule has 0 aromatic rings. The van der Waals surface area contributed by atoms with Crippen LogP contribution in [0.1, 0.15) is 120 Å². The number of carbonyl (C=O) groups is 1. The van der Waals surface area contributed by atoms with Gasteiger partial charge in [0.05, 0.1) is 5.71 Å². The van der Waals surface area contributed by atoms with Crippen molar-refractivity contribution in [3.63, 3.8) is 0 Å². The second kappa shape index (κ2) is 9.45. The summed E-state index contributed by atoms with van der Waals surface area (Å²) >= 11 is 0. The SMILES string of the molecule is CC(=O)O[C@@H]1CC[C@@]2(C)C(CC=C3[C@@H]2CC[C@]2(C)[C@@H]([C@H](C)CCCC(C)C)CC(=NO)[C@@]32C)C1(C)C. The van der Waals surface area contributed by atoms with E-state index in [4.69, 9.17) is 4.74 Å². The molecule has 8 atom stereocenters. The lowest BCUT2D eigenvalue weighted by atomic mass is 9.40. The minimum Gasteiger partial charge on any atom is -0.462 e. The largest absolute Gasteiger partial charge is 0.462 e. The number of rotatable bonds is 6. The van der Waals surface area contributed by atoms with Crippen LogP contribution in [0.2, 0.25) is 0 Å². The van der Waals surface area contributed by atoms with Gasteiger partial charge in [0.25, 0.3) is 0 Å². The molecule has 0 bridgehead atoms. The third-order valence-corrected chi connectivity index (χ3v) is 12.3. The maximum atomic E-state index is 11.9. The van der Waals surface area contributed by atoms with Gasteiger partial charge in [0, 0.05) is 17.8 Å². The Kier molecular flexibility index (Phi) is 7.28. The van der Waals surface area contributed by atoms with Crippen LogP contribution >= 0.6 is 0 Å². The molecule has 0 aromatic carbocycles. The number of hydrogen-bond donors (Lipinski definition) is 1. The third kappa shape index (κ3) is 3.99. The molecule has 4 rings (SSSR count). The Morgan fingerprint density at radius 3 is 2.42 bits per heavy atom. The van der Waals surface area contributed by atoms with Crippen molar-refractivity contribution in [3.05, 3.63) is 11.6 Å². The van der Waals surface area contributed by atoms with Crippen molar-refractivity contribution in [2.24, 2.45) is 56.4 Å². The number of nitrogens with zero attached hydrogens (tertiary/aromatic N) is 1. The Labute approximate surface area is 220 Å². The molecule has 4 nitrogen and oxygen atoms in total. The van der Waals surface area contributed by atoms with Gasteiger partial charge in [-0.2, -0.15) is 0 Å². The molecule has 4 aliphatic rings. The van der Waals surface area contributed by atoms with Gasteiger partial charge in [-0.25, -0.2) is 0 Å². The summed E-state index contributed by atoms with van der Waals surface area (Å²) in [5, 5.41) is 14.4. The molecule has 0 aliphatic heterocycles. The zero-order valence-electron chi connectivity index (χ0n) is 24.6. The molecular formula is C32H53NO3. The average molecular weight is 500 g/mol. The van der Waals surface area contributed by atoms with Crippen LogP contribution in [-0.4, -0.2) is 23.0 Å². The standard InChI is InChI=1S/C32H53NO3/c1-20(2)11-10-12-21(3)25-19-27(33-35)32(9)24-13-14-26-29(5,6)28(36-22(4)34)16-17-30(26,7)23(24)15-18-31(25,32)8/h13,20-21,23,25-26,28,35H,10-12,14-19H2,1-9H3/t21-,23+,25-,26?,28-,30-,31-,32-/m1/s1. The number of allylic oxidation sites excluding steroid dienone is 2. The van der Waals surface area contributed by atoms with Crippen LogP contribution in [0.5, 0.6) is 0 Å². The van der Waals surface area contributed by atoms with Crippen molar-refractivity contribution in [2.45, 2.75) is 126 Å². The van der Waals surface area contributed by atoms with Gasteiger partial charge >= 0.3 is 5.97 Å². The lowest BCUT2D eigenvalue weighted by molar-refractivity contribution is -0.174. The number of ether oxygens (including phenoxy) is 1. The molecule has 3 saturated carbocycles. The highest BCUT2D eigenvalue weighted by atomic mass is 16.5. The van der Waals surface area contributed by atoms with Crippen LogP contribution in [0.15, 0.2) is 16.8 Å². The summed E-state index contributed by atoms with van der Waals surface area (Å²) in [7, 11) is 0. The molecule has 1 unspecified atom stereocenters. The predicted molar refractivity (Wildman–Crippen MR) is 147 cm³/mol. The molecule has 0 amide bonds. The highest BCUT2D eigenvalue weighted by Crippen LogP contribution is 2.72. The summed E-state index contributed by atoms with van der Waals surface area (Å²) in [6.45, 7) is 20.7. The first-order valence-corrected chi connectivity index (χ1v) is 14.8. The van der Waals surface area contributed by atoms with Gasteiger partial charge in [-0.05, 0) is 85.9 Å². The minimum atomic E-state index is -0.174. The van der Waals surface area contributed by atoms with Crippen LogP contribution < -0.4 is 0 Å². The van der Waals surface area contributed by atoms with Gasteiger partial charge < -0.3 is 9.94 Å². The highest BCUT2D eigenvalue weighted by molar-refractivity contribution is 5.96. The van der Waals surface area contributed by atoms with Crippen molar-refractivity contribution in [2.75, 3.05) is 0 Å². The molecule has 204 valence electrons. The normalized spacial score (nSPS) is 43.4. The van der Waals surface area contributed by atoms with Crippen LogP contribution in [0.4, 0.5) is 0 Å². The Hall–Kier alpha value is -1.32. The van der Waals surface area contributed by atoms with Crippen molar-refractivity contribution < 1.29 is 14.7 Å². The van der Waals surface area contributed by atoms with Crippen LogP contribution in [0.3, 0.4) is 0 Å². The number of hydrogen-bond acceptors (Lipinski definition) is 4. The summed E-state index contributed by atoms with van der Waals surface area (Å²) in [6, 6.07) is 0. The Morgan fingerprint density at radius 2 is 1.81 bits per heavy atom. The molecule has 1 N–H and O–H groups in total. The summed E-state index contributed by atoms with van der Waals surface area (Å²) in [6.07, 6.45) is 12.8. The maximum Gasteiger partial charge on any atom is 0.302 e. The smallest absolute Gasteiger partial charge is 0.302 e. The second-order valence-corrected chi connectivity index (χ2v) is 14.7. The van der Waals surface area contributed by atoms with Gasteiger partial charge in [-0.15, -0.1) is 0 Å². The minimum absolute atomic E-state index is 0.00965. The van der Waals surface area contributed by atoms with Crippen molar-refractivity contribution in [1.82, 2.24) is 0 Å². The molecule has 4 aliphatic carbocycles. The summed E-state index contributed by atoms with van der Waals surface area (Å²) in [5.41, 5.74) is 2.65. The lowest BCUT2D eigenvalue weighted by Crippen LogP contribution is -2.59. The van der Waals surface area contributed by atoms with E-state index in [0.717, 1.165) is 37.3 Å². The number of oxime groups is 1. The Morgan fingerprint density at radius 1 is 1.11 bits per heavy atom. The summed E-state index contributed by atoms with van der Waals surface area (Å²) in [5.74, 6) is 2.77. The molecule has 0 saturated heterocycles. The van der Waals surface area contributed by atoms with Gasteiger partial charge in [-0.1, -0.05) is 84.5 Å². The van der Waals surface area contributed by atoms with Gasteiger partial charge in [-0.3, -0.25) is 4.79 Å². The van der Waals surface area contributed by atoms with Crippen LogP contribution in [-0.2, 0) is 9.53 Å². The quantitative estimate of drug-likeness (QED) is 0.173. The number of carbonyl (C=O) groups excluding carboxylic acids is 1. The molecule has 36 heavy (non-hydrogen) atoms. The van der Waals surface area contributed by atoms with Crippen molar-refractivity contribution in [1.29, 1.82) is 0 Å². The van der Waals surface area contributed by atoms with Gasteiger partial charge in [0.1, 0.15) is 6.10 Å². The van der Waals surface area contributed by atoms with E-state index in [0.29, 0.717) is 23.7 Å². The Bertz CT molecular complexity index is 918. The molecule has 4 heteroatoms. The first-order chi connectivity index (χ1) is 16.7. The second-order valence-electron chi connectivity index (χ2n) is 14.7. The van der Waals surface area contributed by atoms with E-state index in [1.54, 1.807) is 12.5 Å². The fourth-order valence-corrected chi connectivity index (χ4v) is 9.98. The average Bonchev–Trinajstić information content (AvgIpc) is 3.02. The lowest BCUT2D eigenvalue weighted by Gasteiger charge is -2.64. The topological polar surface area (TPSA) is 58.9 Å². The van der Waals surface area contributed by atoms with Gasteiger partial charge in [0.15, 0.2) is 0 Å². The third-order valence-electron chi connectivity index (χ3n) is 12.3. The van der Waals surface area contributed by atoms with E-state index in [1.165, 1.54) is 32.1 Å². The number of esters is 1. The van der Waals surface area contributed by atoms with Crippen molar-refractivity contribution in [3.8, 4) is 0 Å². The van der Waals surface area contributed by atoms with Crippen molar-refractivity contribution >= 4 is 11.7 Å². The van der Waals surface area contributed by atoms with Crippen LogP contribution in [0.25, 0.3) is 0 Å². The molecule has 0 heterocycles. The first-order valence-electron chi connectivity index (χ1n) is 14.8. The highest BCUT2D eigenvalue weighted by Gasteiger charge is 2.68. The molecule has 0 aromatic heterocycles. The van der Waals surface area contributed by atoms with Crippen LogP contribution in [0, 0.1) is 51.2 Å². The fourth-order valence-electron chi connectivity index (χ4n) is 9.98. The summed E-state index contributed by atoms with van der Waals surface area (Å²) in [4.78, 5) is 11.9. The zero-order valence-corrected chi connectivity index (χ0v) is 24.6. The number of fused-ring (bicyclic) bond motifs is 5. The predicted octanol–water partition coefficient (Wildman–Crippen LogP) is 8.43. The van der Waals surface area contributed by atoms with E-state index in [9.17, 15) is 10.0 Å². The molecule has 0 radical (unpaired) electrons.